The number of methoxy groups -OCH3 is 2. The van der Waals surface area contributed by atoms with E-state index in [1.807, 2.05) is 6.92 Å². The van der Waals surface area contributed by atoms with Crippen molar-refractivity contribution in [2.75, 3.05) is 14.2 Å². The van der Waals surface area contributed by atoms with Crippen LogP contribution in [0.5, 0.6) is 17.4 Å². The number of aryl methyl sites for hydroxylation is 1. The van der Waals surface area contributed by atoms with Gasteiger partial charge in [0, 0.05) is 10.9 Å². The Bertz CT molecular complexity index is 1260. The summed E-state index contributed by atoms with van der Waals surface area (Å²) in [6, 6.07) is 10.7. The van der Waals surface area contributed by atoms with E-state index in [1.165, 1.54) is 43.1 Å². The first-order valence-corrected chi connectivity index (χ1v) is 12.1. The van der Waals surface area contributed by atoms with E-state index in [9.17, 15) is 18.3 Å². The number of para-hydroxylation sites is 1. The van der Waals surface area contributed by atoms with Crippen LogP contribution in [0.4, 0.5) is 0 Å². The Balaban J connectivity index is 2.40. The first-order chi connectivity index (χ1) is 15.3. The monoisotopic (exact) mass is 522 g/mol. The quantitative estimate of drug-likeness (QED) is 0.477. The Hall–Kier alpha value is -2.85. The van der Waals surface area contributed by atoms with Crippen LogP contribution in [-0.2, 0) is 16.3 Å². The molecule has 0 aliphatic carbocycles. The number of nitrogens with zero attached hydrogens (tertiary/aromatic N) is 2. The molecular weight excluding hydrogens is 500 g/mol. The van der Waals surface area contributed by atoms with Gasteiger partial charge < -0.3 is 14.6 Å². The molecule has 0 saturated carbocycles. The average Bonchev–Trinajstić information content (AvgIpc) is 2.77. The van der Waals surface area contributed by atoms with Crippen LogP contribution in [0.25, 0.3) is 5.69 Å². The molecule has 0 amide bonds. The molecule has 3 rings (SSSR count). The Labute approximate surface area is 194 Å². The van der Waals surface area contributed by atoms with Gasteiger partial charge in [0.15, 0.2) is 4.90 Å². The molecule has 0 radical (unpaired) electrons. The predicted molar refractivity (Wildman–Crippen MR) is 123 cm³/mol. The fourth-order valence-electron chi connectivity index (χ4n) is 3.29. The summed E-state index contributed by atoms with van der Waals surface area (Å²) in [4.78, 5) is 16.0. The lowest BCUT2D eigenvalue weighted by Crippen LogP contribution is -2.25. The van der Waals surface area contributed by atoms with E-state index in [0.29, 0.717) is 28.8 Å². The van der Waals surface area contributed by atoms with E-state index in [4.69, 9.17) is 9.47 Å². The number of ether oxygens (including phenoxy) is 2. The third-order valence-corrected chi connectivity index (χ3v) is 7.19. The van der Waals surface area contributed by atoms with Crippen LogP contribution in [0.2, 0.25) is 0 Å². The van der Waals surface area contributed by atoms with E-state index < -0.39 is 26.2 Å². The van der Waals surface area contributed by atoms with Crippen molar-refractivity contribution in [3.05, 3.63) is 63.1 Å². The summed E-state index contributed by atoms with van der Waals surface area (Å²) in [7, 11) is -1.49. The third-order valence-electron chi connectivity index (χ3n) is 4.87. The summed E-state index contributed by atoms with van der Waals surface area (Å²) in [6.07, 6.45) is 1.81. The molecule has 1 N–H and O–H groups in total. The lowest BCUT2D eigenvalue weighted by Gasteiger charge is -2.21. The van der Waals surface area contributed by atoms with Gasteiger partial charge in [0.05, 0.1) is 19.1 Å². The number of hydrogen-bond donors (Lipinski definition) is 1. The summed E-state index contributed by atoms with van der Waals surface area (Å²) in [5, 5.41) is 11.2. The molecule has 8 nitrogen and oxygen atoms in total. The molecule has 0 aliphatic heterocycles. The minimum atomic E-state index is -4.37. The Morgan fingerprint density at radius 3 is 2.19 bits per heavy atom. The van der Waals surface area contributed by atoms with Crippen LogP contribution in [0.1, 0.15) is 25.6 Å². The summed E-state index contributed by atoms with van der Waals surface area (Å²) in [5.74, 6) is 0.0819. The summed E-state index contributed by atoms with van der Waals surface area (Å²) >= 11 is 3.25. The fourth-order valence-corrected chi connectivity index (χ4v) is 4.90. The topological polar surface area (TPSA) is 108 Å². The summed E-state index contributed by atoms with van der Waals surface area (Å²) in [6.45, 7) is 1.97. The fraction of sp³-hybridized carbons (Fsp3) is 0.273. The summed E-state index contributed by atoms with van der Waals surface area (Å²) in [5.41, 5.74) is -0.775. The number of hydrogen-bond acceptors (Lipinski definition) is 7. The Morgan fingerprint density at radius 1 is 1.06 bits per heavy atom. The van der Waals surface area contributed by atoms with Gasteiger partial charge in [-0.2, -0.15) is 4.98 Å². The van der Waals surface area contributed by atoms with E-state index in [-0.39, 0.29) is 16.4 Å². The van der Waals surface area contributed by atoms with E-state index in [2.05, 4.69) is 20.9 Å². The van der Waals surface area contributed by atoms with Gasteiger partial charge in [-0.1, -0.05) is 35.3 Å². The lowest BCUT2D eigenvalue weighted by molar-refractivity contribution is 0.374. The van der Waals surface area contributed by atoms with Crippen molar-refractivity contribution in [1.82, 2.24) is 9.55 Å². The smallest absolute Gasteiger partial charge is 0.296 e. The predicted octanol–water partition coefficient (Wildman–Crippen LogP) is 3.89. The number of benzene rings is 2. The highest BCUT2D eigenvalue weighted by molar-refractivity contribution is 9.10. The first-order valence-electron chi connectivity index (χ1n) is 9.83. The molecule has 3 aromatic rings. The highest BCUT2D eigenvalue weighted by Gasteiger charge is 2.31. The molecule has 2 aromatic carbocycles. The number of rotatable bonds is 8. The number of halogens is 1. The third kappa shape index (κ3) is 4.37. The molecule has 1 aromatic heterocycles. The van der Waals surface area contributed by atoms with Crippen molar-refractivity contribution in [3.63, 3.8) is 0 Å². The van der Waals surface area contributed by atoms with Crippen molar-refractivity contribution < 1.29 is 23.0 Å². The van der Waals surface area contributed by atoms with Gasteiger partial charge in [-0.3, -0.25) is 9.36 Å². The lowest BCUT2D eigenvalue weighted by atomic mass is 10.2. The van der Waals surface area contributed by atoms with Crippen LogP contribution in [0, 0.1) is 0 Å². The largest absolute Gasteiger partial charge is 0.494 e. The molecule has 0 fully saturated rings. The second-order valence-electron chi connectivity index (χ2n) is 6.89. The van der Waals surface area contributed by atoms with Gasteiger partial charge in [-0.15, -0.1) is 0 Å². The molecule has 32 heavy (non-hydrogen) atoms. The van der Waals surface area contributed by atoms with Crippen molar-refractivity contribution in [1.29, 1.82) is 0 Å². The maximum atomic E-state index is 13.3. The zero-order valence-corrected chi connectivity index (χ0v) is 20.2. The molecule has 0 spiro atoms. The highest BCUT2D eigenvalue weighted by atomic mass is 79.9. The molecule has 0 bridgehead atoms. The first kappa shape index (κ1) is 23.8. The minimum absolute atomic E-state index is 0.144. The molecule has 0 saturated heterocycles. The Kier molecular flexibility index (Phi) is 7.25. The maximum absolute atomic E-state index is 13.3. The molecule has 170 valence electrons. The van der Waals surface area contributed by atoms with Crippen LogP contribution >= 0.6 is 15.9 Å². The number of aromatic hydroxyl groups is 1. The van der Waals surface area contributed by atoms with E-state index in [0.717, 1.165) is 6.42 Å². The van der Waals surface area contributed by atoms with Crippen LogP contribution in [0.3, 0.4) is 0 Å². The number of aromatic nitrogens is 2. The van der Waals surface area contributed by atoms with Crippen molar-refractivity contribution in [2.45, 2.75) is 36.0 Å². The van der Waals surface area contributed by atoms with Crippen molar-refractivity contribution >= 4 is 25.8 Å². The van der Waals surface area contributed by atoms with Gasteiger partial charge in [0.25, 0.3) is 5.56 Å². The molecule has 0 aliphatic rings. The van der Waals surface area contributed by atoms with Crippen molar-refractivity contribution in [2.24, 2.45) is 0 Å². The average molecular weight is 523 g/mol. The van der Waals surface area contributed by atoms with Gasteiger partial charge in [0.1, 0.15) is 23.0 Å². The molecule has 0 atom stereocenters. The van der Waals surface area contributed by atoms with Crippen molar-refractivity contribution in [3.8, 4) is 23.1 Å². The Morgan fingerprint density at radius 2 is 1.66 bits per heavy atom. The van der Waals surface area contributed by atoms with Gasteiger partial charge >= 0.3 is 0 Å². The SMILES string of the molecule is CCCCc1nc(=O)c(S(=O)(=O)c2ccc(Br)cc2)c(O)n1-c1c(OC)cccc1OC. The van der Waals surface area contributed by atoms with Crippen LogP contribution in [0.15, 0.2) is 61.5 Å². The molecular formula is C22H23BrN2O6S. The van der Waals surface area contributed by atoms with Gasteiger partial charge in [-0.25, -0.2) is 8.42 Å². The molecule has 0 unspecified atom stereocenters. The van der Waals surface area contributed by atoms with E-state index in [1.54, 1.807) is 18.2 Å². The standard InChI is InChI=1S/C22H23BrN2O6S/c1-4-5-9-18-24-21(26)20(32(28,29)15-12-10-14(23)11-13-15)22(27)25(18)19-16(30-2)7-6-8-17(19)31-3/h6-8,10-13,27H,4-5,9H2,1-3H3. The van der Waals surface area contributed by atoms with E-state index >= 15 is 0 Å². The van der Waals surface area contributed by atoms with Crippen LogP contribution < -0.4 is 15.0 Å². The van der Waals surface area contributed by atoms with Gasteiger partial charge in [-0.05, 0) is 42.8 Å². The normalized spacial score (nSPS) is 11.4. The second-order valence-corrected chi connectivity index (χ2v) is 9.70. The molecule has 10 heteroatoms. The minimum Gasteiger partial charge on any atom is -0.494 e. The highest BCUT2D eigenvalue weighted by Crippen LogP contribution is 2.38. The summed E-state index contributed by atoms with van der Waals surface area (Å²) < 4.78 is 39.4. The second kappa shape index (κ2) is 9.74. The van der Waals surface area contributed by atoms with Gasteiger partial charge in [0.2, 0.25) is 15.7 Å². The zero-order valence-electron chi connectivity index (χ0n) is 17.8. The zero-order chi connectivity index (χ0) is 23.5. The number of sulfone groups is 1. The maximum Gasteiger partial charge on any atom is 0.296 e. The number of unbranched alkanes of at least 4 members (excludes halogenated alkanes) is 1. The van der Waals surface area contributed by atoms with Crippen LogP contribution in [-0.4, -0.2) is 37.3 Å². The molecule has 1 heterocycles.